The van der Waals surface area contributed by atoms with Crippen molar-refractivity contribution < 1.29 is 13.2 Å². The Morgan fingerprint density at radius 3 is 2.00 bits per heavy atom. The topological polar surface area (TPSA) is 63.2 Å². The molecule has 1 amide bonds. The molecule has 4 saturated carbocycles. The van der Waals surface area contributed by atoms with E-state index < -0.39 is 15.4 Å². The minimum absolute atomic E-state index is 0.109. The summed E-state index contributed by atoms with van der Waals surface area (Å²) >= 11 is 0. The average Bonchev–Trinajstić information content (AvgIpc) is 2.61. The third-order valence-corrected chi connectivity index (χ3v) is 8.34. The van der Waals surface area contributed by atoms with E-state index >= 15 is 0 Å². The van der Waals surface area contributed by atoms with Gasteiger partial charge in [-0.2, -0.15) is 0 Å². The van der Waals surface area contributed by atoms with E-state index in [0.29, 0.717) is 6.42 Å². The maximum Gasteiger partial charge on any atom is 0.226 e. The van der Waals surface area contributed by atoms with Gasteiger partial charge in [-0.3, -0.25) is 4.79 Å². The normalized spacial score (nSPS) is 50.2. The van der Waals surface area contributed by atoms with Gasteiger partial charge < -0.3 is 5.32 Å². The molecule has 4 aliphatic carbocycles. The van der Waals surface area contributed by atoms with Gasteiger partial charge in [0.05, 0.1) is 17.0 Å². The molecule has 0 unspecified atom stereocenters. The van der Waals surface area contributed by atoms with Crippen molar-refractivity contribution in [2.75, 3.05) is 11.5 Å². The summed E-state index contributed by atoms with van der Waals surface area (Å²) in [5.74, 6) is 2.69. The van der Waals surface area contributed by atoms with Crippen LogP contribution in [0.1, 0.15) is 51.9 Å². The second-order valence-electron chi connectivity index (χ2n) is 8.55. The minimum atomic E-state index is -2.97. The first-order chi connectivity index (χ1) is 9.78. The van der Waals surface area contributed by atoms with E-state index in [1.54, 1.807) is 0 Å². The van der Waals surface area contributed by atoms with E-state index in [1.807, 2.05) is 6.92 Å². The number of hydrogen-bond acceptors (Lipinski definition) is 3. The van der Waals surface area contributed by atoms with Gasteiger partial charge in [0.25, 0.3) is 0 Å². The molecule has 0 aromatic carbocycles. The van der Waals surface area contributed by atoms with Crippen molar-refractivity contribution in [3.8, 4) is 0 Å². The Balaban J connectivity index is 1.53. The predicted molar refractivity (Wildman–Crippen MR) is 80.4 cm³/mol. The average molecular weight is 311 g/mol. The highest BCUT2D eigenvalue weighted by Crippen LogP contribution is 2.60. The van der Waals surface area contributed by atoms with Gasteiger partial charge in [0, 0.05) is 5.41 Å². The lowest BCUT2D eigenvalue weighted by Crippen LogP contribution is -2.58. The molecule has 4 bridgehead atoms. The number of carbonyl (C=O) groups is 1. The van der Waals surface area contributed by atoms with Gasteiger partial charge in [-0.05, 0) is 69.6 Å². The lowest BCUT2D eigenvalue weighted by Gasteiger charge is -2.56. The molecule has 21 heavy (non-hydrogen) atoms. The summed E-state index contributed by atoms with van der Waals surface area (Å²) in [7, 11) is -2.97. The zero-order valence-electron chi connectivity index (χ0n) is 12.7. The molecule has 0 aromatic heterocycles. The predicted octanol–water partition coefficient (Wildman–Crippen LogP) is 1.90. The highest BCUT2D eigenvalue weighted by Gasteiger charge is 2.55. The van der Waals surface area contributed by atoms with Crippen molar-refractivity contribution >= 4 is 15.7 Å². The molecule has 118 valence electrons. The summed E-state index contributed by atoms with van der Waals surface area (Å²) in [6.45, 7) is 1.90. The molecule has 1 saturated heterocycles. The Morgan fingerprint density at radius 1 is 1.05 bits per heavy atom. The van der Waals surface area contributed by atoms with E-state index in [4.69, 9.17) is 0 Å². The summed E-state index contributed by atoms with van der Waals surface area (Å²) in [5.41, 5.74) is -0.719. The van der Waals surface area contributed by atoms with Crippen LogP contribution in [-0.2, 0) is 14.6 Å². The number of rotatable bonds is 2. The van der Waals surface area contributed by atoms with Crippen molar-refractivity contribution in [1.29, 1.82) is 0 Å². The van der Waals surface area contributed by atoms with Gasteiger partial charge in [0.15, 0.2) is 9.84 Å². The molecule has 0 spiro atoms. The largest absolute Gasteiger partial charge is 0.349 e. The van der Waals surface area contributed by atoms with Crippen LogP contribution in [0.4, 0.5) is 0 Å². The molecule has 1 atom stereocenters. The number of hydrogen-bond donors (Lipinski definition) is 1. The Bertz CT molecular complexity index is 547. The lowest BCUT2D eigenvalue weighted by atomic mass is 9.49. The van der Waals surface area contributed by atoms with Gasteiger partial charge in [0.1, 0.15) is 0 Å². The smallest absolute Gasteiger partial charge is 0.226 e. The van der Waals surface area contributed by atoms with Crippen molar-refractivity contribution in [1.82, 2.24) is 5.32 Å². The summed E-state index contributed by atoms with van der Waals surface area (Å²) in [6, 6.07) is 0. The maximum atomic E-state index is 13.0. The first-order valence-electron chi connectivity index (χ1n) is 8.31. The number of nitrogens with one attached hydrogen (secondary N) is 1. The molecule has 0 radical (unpaired) electrons. The summed E-state index contributed by atoms with van der Waals surface area (Å²) in [6.07, 6.45) is 7.62. The quantitative estimate of drug-likeness (QED) is 0.847. The third kappa shape index (κ3) is 2.32. The van der Waals surface area contributed by atoms with Crippen LogP contribution in [0, 0.1) is 23.2 Å². The highest BCUT2D eigenvalue weighted by atomic mass is 32.2. The third-order valence-electron chi connectivity index (χ3n) is 6.44. The van der Waals surface area contributed by atoms with Crippen LogP contribution in [0.25, 0.3) is 0 Å². The minimum Gasteiger partial charge on any atom is -0.349 e. The fraction of sp³-hybridized carbons (Fsp3) is 0.938. The molecule has 0 aromatic rings. The van der Waals surface area contributed by atoms with Gasteiger partial charge in [-0.15, -0.1) is 0 Å². The molecule has 1 heterocycles. The first-order valence-corrected chi connectivity index (χ1v) is 10.1. The standard InChI is InChI=1S/C16H25NO3S/c1-15(2-3-21(19,20)10-15)17-14(18)16-7-11-4-12(8-16)6-13(5-11)9-16/h11-13H,2-10H2,1H3,(H,17,18)/t11?,12?,13?,15-,16?/m1/s1. The zero-order valence-corrected chi connectivity index (χ0v) is 13.5. The van der Waals surface area contributed by atoms with Crippen LogP contribution in [0.2, 0.25) is 0 Å². The fourth-order valence-electron chi connectivity index (χ4n) is 5.90. The van der Waals surface area contributed by atoms with Crippen LogP contribution in [0.15, 0.2) is 0 Å². The van der Waals surface area contributed by atoms with Crippen LogP contribution in [-0.4, -0.2) is 31.4 Å². The molecule has 5 fully saturated rings. The monoisotopic (exact) mass is 311 g/mol. The molecule has 1 N–H and O–H groups in total. The van der Waals surface area contributed by atoms with E-state index in [-0.39, 0.29) is 22.8 Å². The highest BCUT2D eigenvalue weighted by molar-refractivity contribution is 7.91. The summed E-state index contributed by atoms with van der Waals surface area (Å²) in [5, 5.41) is 3.15. The van der Waals surface area contributed by atoms with Gasteiger partial charge in [0.2, 0.25) is 5.91 Å². The Kier molecular flexibility index (Phi) is 2.84. The summed E-state index contributed by atoms with van der Waals surface area (Å²) in [4.78, 5) is 13.0. The lowest BCUT2D eigenvalue weighted by molar-refractivity contribution is -0.147. The van der Waals surface area contributed by atoms with Crippen molar-refractivity contribution in [2.24, 2.45) is 23.2 Å². The van der Waals surface area contributed by atoms with Crippen LogP contribution >= 0.6 is 0 Å². The second-order valence-corrected chi connectivity index (χ2v) is 10.7. The first kappa shape index (κ1) is 14.0. The fourth-order valence-corrected chi connectivity index (χ4v) is 8.00. The molecule has 4 nitrogen and oxygen atoms in total. The number of amides is 1. The molecule has 5 heteroatoms. The Hall–Kier alpha value is -0.580. The number of carbonyl (C=O) groups excluding carboxylic acids is 1. The van der Waals surface area contributed by atoms with E-state index in [9.17, 15) is 13.2 Å². The molecular formula is C16H25NO3S. The van der Waals surface area contributed by atoms with Crippen LogP contribution in [0.3, 0.4) is 0 Å². The zero-order chi connectivity index (χ0) is 14.9. The van der Waals surface area contributed by atoms with Gasteiger partial charge in [-0.25, -0.2) is 8.42 Å². The van der Waals surface area contributed by atoms with Crippen molar-refractivity contribution in [3.05, 3.63) is 0 Å². The molecule has 5 aliphatic rings. The van der Waals surface area contributed by atoms with Gasteiger partial charge in [-0.1, -0.05) is 0 Å². The molecule has 5 rings (SSSR count). The Morgan fingerprint density at radius 2 is 1.57 bits per heavy atom. The SMILES string of the molecule is C[C@@]1(NC(=O)C23CC4CC(CC(C4)C2)C3)CCS(=O)(=O)C1. The second kappa shape index (κ2) is 4.24. The Labute approximate surface area is 127 Å². The summed E-state index contributed by atoms with van der Waals surface area (Å²) < 4.78 is 23.4. The van der Waals surface area contributed by atoms with E-state index in [2.05, 4.69) is 5.32 Å². The van der Waals surface area contributed by atoms with Crippen LogP contribution < -0.4 is 5.32 Å². The number of sulfone groups is 1. The van der Waals surface area contributed by atoms with Gasteiger partial charge >= 0.3 is 0 Å². The maximum absolute atomic E-state index is 13.0. The van der Waals surface area contributed by atoms with Crippen LogP contribution in [0.5, 0.6) is 0 Å². The van der Waals surface area contributed by atoms with Crippen molar-refractivity contribution in [3.63, 3.8) is 0 Å². The van der Waals surface area contributed by atoms with Crippen molar-refractivity contribution in [2.45, 2.75) is 57.4 Å². The van der Waals surface area contributed by atoms with E-state index in [0.717, 1.165) is 37.0 Å². The molecular weight excluding hydrogens is 286 g/mol. The molecule has 1 aliphatic heterocycles. The van der Waals surface area contributed by atoms with E-state index in [1.165, 1.54) is 19.3 Å².